The molecule has 0 spiro atoms. The van der Waals surface area contributed by atoms with Gasteiger partial charge in [0.05, 0.1) is 6.54 Å². The maximum Gasteiger partial charge on any atom is 0.241 e. The molecule has 1 aliphatic rings. The number of para-hydroxylation sites is 1. The Morgan fingerprint density at radius 1 is 1.39 bits per heavy atom. The van der Waals surface area contributed by atoms with E-state index in [1.165, 1.54) is 11.3 Å². The average Bonchev–Trinajstić information content (AvgIpc) is 2.79. The summed E-state index contributed by atoms with van der Waals surface area (Å²) in [7, 11) is 1.90. The van der Waals surface area contributed by atoms with E-state index in [1.807, 2.05) is 18.0 Å². The molecule has 1 amide bonds. The molecule has 0 aromatic heterocycles. The molecular formula is C15H22N2O. The minimum Gasteiger partial charge on any atom is -0.362 e. The zero-order valence-corrected chi connectivity index (χ0v) is 11.4. The number of unbranched alkanes of at least 4 members (excludes halogenated alkanes) is 1. The number of hydrogen-bond acceptors (Lipinski definition) is 2. The van der Waals surface area contributed by atoms with Crippen molar-refractivity contribution in [3.63, 3.8) is 0 Å². The number of amides is 1. The van der Waals surface area contributed by atoms with Crippen LogP contribution in [0, 0.1) is 0 Å². The molecule has 0 saturated heterocycles. The van der Waals surface area contributed by atoms with Gasteiger partial charge in [-0.25, -0.2) is 0 Å². The lowest BCUT2D eigenvalue weighted by Crippen LogP contribution is -2.38. The molecule has 1 aliphatic heterocycles. The average molecular weight is 246 g/mol. The molecule has 0 bridgehead atoms. The van der Waals surface area contributed by atoms with E-state index < -0.39 is 0 Å². The zero-order chi connectivity index (χ0) is 13.0. The highest BCUT2D eigenvalue weighted by Gasteiger charge is 2.21. The van der Waals surface area contributed by atoms with Crippen LogP contribution in [0.1, 0.15) is 25.3 Å². The predicted molar refractivity (Wildman–Crippen MR) is 74.9 cm³/mol. The first-order chi connectivity index (χ1) is 8.72. The van der Waals surface area contributed by atoms with Crippen LogP contribution < -0.4 is 4.90 Å². The summed E-state index contributed by atoms with van der Waals surface area (Å²) in [6.45, 7) is 4.49. The minimum absolute atomic E-state index is 0.222. The summed E-state index contributed by atoms with van der Waals surface area (Å²) in [5.74, 6) is 0.222. The van der Waals surface area contributed by atoms with Crippen molar-refractivity contribution in [2.45, 2.75) is 26.2 Å². The van der Waals surface area contributed by atoms with Crippen molar-refractivity contribution in [2.24, 2.45) is 0 Å². The standard InChI is InChI=1S/C15H22N2O/c1-3-4-10-16(2)15(18)12-17-11-9-13-7-5-6-8-14(13)17/h5-8H,3-4,9-12H2,1-2H3. The van der Waals surface area contributed by atoms with Crippen LogP contribution in [-0.4, -0.2) is 37.5 Å². The Hall–Kier alpha value is -1.51. The van der Waals surface area contributed by atoms with Crippen molar-refractivity contribution < 1.29 is 4.79 Å². The van der Waals surface area contributed by atoms with Crippen molar-refractivity contribution in [3.8, 4) is 0 Å². The maximum atomic E-state index is 12.1. The molecule has 1 aromatic carbocycles. The Morgan fingerprint density at radius 3 is 2.94 bits per heavy atom. The van der Waals surface area contributed by atoms with Gasteiger partial charge in [0.15, 0.2) is 0 Å². The topological polar surface area (TPSA) is 23.6 Å². The second-order valence-corrected chi connectivity index (χ2v) is 4.97. The second kappa shape index (κ2) is 5.89. The predicted octanol–water partition coefficient (Wildman–Crippen LogP) is 2.31. The fourth-order valence-electron chi connectivity index (χ4n) is 2.37. The van der Waals surface area contributed by atoms with E-state index in [-0.39, 0.29) is 5.91 Å². The van der Waals surface area contributed by atoms with Crippen molar-refractivity contribution in [3.05, 3.63) is 29.8 Å². The molecule has 98 valence electrons. The van der Waals surface area contributed by atoms with Crippen LogP contribution in [0.4, 0.5) is 5.69 Å². The maximum absolute atomic E-state index is 12.1. The number of anilines is 1. The fourth-order valence-corrected chi connectivity index (χ4v) is 2.37. The molecule has 0 N–H and O–H groups in total. The first kappa shape index (κ1) is 12.9. The number of nitrogens with zero attached hydrogens (tertiary/aromatic N) is 2. The Bertz CT molecular complexity index is 417. The van der Waals surface area contributed by atoms with Gasteiger partial charge in [-0.2, -0.15) is 0 Å². The van der Waals surface area contributed by atoms with Gasteiger partial charge in [-0.1, -0.05) is 31.5 Å². The quantitative estimate of drug-likeness (QED) is 0.796. The first-order valence-electron chi connectivity index (χ1n) is 6.79. The van der Waals surface area contributed by atoms with Gasteiger partial charge in [0, 0.05) is 25.8 Å². The van der Waals surface area contributed by atoms with Crippen molar-refractivity contribution in [2.75, 3.05) is 31.6 Å². The van der Waals surface area contributed by atoms with E-state index in [0.717, 1.165) is 32.4 Å². The number of hydrogen-bond donors (Lipinski definition) is 0. The molecule has 0 fully saturated rings. The molecule has 0 aliphatic carbocycles. The van der Waals surface area contributed by atoms with Crippen molar-refractivity contribution in [1.29, 1.82) is 0 Å². The largest absolute Gasteiger partial charge is 0.362 e. The van der Waals surface area contributed by atoms with Crippen LogP contribution in [0.3, 0.4) is 0 Å². The van der Waals surface area contributed by atoms with Gasteiger partial charge in [-0.05, 0) is 24.5 Å². The Labute approximate surface area is 109 Å². The van der Waals surface area contributed by atoms with E-state index in [0.29, 0.717) is 6.54 Å². The summed E-state index contributed by atoms with van der Waals surface area (Å²) in [6.07, 6.45) is 3.27. The van der Waals surface area contributed by atoms with Crippen LogP contribution in [-0.2, 0) is 11.2 Å². The highest BCUT2D eigenvalue weighted by molar-refractivity contribution is 5.82. The minimum atomic E-state index is 0.222. The normalized spacial score (nSPS) is 13.6. The summed E-state index contributed by atoms with van der Waals surface area (Å²) in [6, 6.07) is 8.38. The Kier molecular flexibility index (Phi) is 4.24. The van der Waals surface area contributed by atoms with Crippen molar-refractivity contribution in [1.82, 2.24) is 4.90 Å². The Balaban J connectivity index is 1.93. The summed E-state index contributed by atoms with van der Waals surface area (Å²) in [5, 5.41) is 0. The van der Waals surface area contributed by atoms with Gasteiger partial charge in [0.2, 0.25) is 5.91 Å². The number of fused-ring (bicyclic) bond motifs is 1. The number of benzene rings is 1. The Morgan fingerprint density at radius 2 is 2.17 bits per heavy atom. The van der Waals surface area contributed by atoms with E-state index in [1.54, 1.807) is 0 Å². The molecule has 0 unspecified atom stereocenters. The lowest BCUT2D eigenvalue weighted by molar-refractivity contribution is -0.128. The number of rotatable bonds is 5. The van der Waals surface area contributed by atoms with E-state index in [9.17, 15) is 4.79 Å². The van der Waals surface area contributed by atoms with Gasteiger partial charge < -0.3 is 9.80 Å². The molecular weight excluding hydrogens is 224 g/mol. The number of carbonyl (C=O) groups is 1. The fraction of sp³-hybridized carbons (Fsp3) is 0.533. The molecule has 3 heteroatoms. The summed E-state index contributed by atoms with van der Waals surface area (Å²) in [4.78, 5) is 16.1. The van der Waals surface area contributed by atoms with Crippen LogP contribution in [0.25, 0.3) is 0 Å². The third-order valence-corrected chi connectivity index (χ3v) is 3.58. The van der Waals surface area contributed by atoms with Gasteiger partial charge in [0.1, 0.15) is 0 Å². The van der Waals surface area contributed by atoms with Crippen LogP contribution >= 0.6 is 0 Å². The first-order valence-corrected chi connectivity index (χ1v) is 6.79. The van der Waals surface area contributed by atoms with Gasteiger partial charge in [-0.3, -0.25) is 4.79 Å². The molecule has 0 atom stereocenters. The highest BCUT2D eigenvalue weighted by atomic mass is 16.2. The molecule has 3 nitrogen and oxygen atoms in total. The summed E-state index contributed by atoms with van der Waals surface area (Å²) >= 11 is 0. The molecule has 0 saturated carbocycles. The third kappa shape index (κ3) is 2.84. The number of likely N-dealkylation sites (N-methyl/N-ethyl adjacent to an activating group) is 1. The third-order valence-electron chi connectivity index (χ3n) is 3.58. The van der Waals surface area contributed by atoms with Crippen LogP contribution in [0.2, 0.25) is 0 Å². The van der Waals surface area contributed by atoms with E-state index in [2.05, 4.69) is 30.0 Å². The second-order valence-electron chi connectivity index (χ2n) is 4.97. The van der Waals surface area contributed by atoms with Gasteiger partial charge in [-0.15, -0.1) is 0 Å². The van der Waals surface area contributed by atoms with Gasteiger partial charge in [0.25, 0.3) is 0 Å². The molecule has 2 rings (SSSR count). The monoisotopic (exact) mass is 246 g/mol. The van der Waals surface area contributed by atoms with Crippen molar-refractivity contribution >= 4 is 11.6 Å². The summed E-state index contributed by atoms with van der Waals surface area (Å²) < 4.78 is 0. The molecule has 0 radical (unpaired) electrons. The molecule has 18 heavy (non-hydrogen) atoms. The SMILES string of the molecule is CCCCN(C)C(=O)CN1CCc2ccccc21. The number of carbonyl (C=O) groups excluding carboxylic acids is 1. The molecule has 1 heterocycles. The highest BCUT2D eigenvalue weighted by Crippen LogP contribution is 2.26. The van der Waals surface area contributed by atoms with E-state index in [4.69, 9.17) is 0 Å². The molecule has 1 aromatic rings. The summed E-state index contributed by atoms with van der Waals surface area (Å²) in [5.41, 5.74) is 2.59. The lowest BCUT2D eigenvalue weighted by Gasteiger charge is -2.23. The van der Waals surface area contributed by atoms with Crippen LogP contribution in [0.15, 0.2) is 24.3 Å². The lowest BCUT2D eigenvalue weighted by atomic mass is 10.2. The zero-order valence-electron chi connectivity index (χ0n) is 11.4. The smallest absolute Gasteiger partial charge is 0.241 e. The van der Waals surface area contributed by atoms with Gasteiger partial charge >= 0.3 is 0 Å². The van der Waals surface area contributed by atoms with E-state index >= 15 is 0 Å². The van der Waals surface area contributed by atoms with Crippen LogP contribution in [0.5, 0.6) is 0 Å².